The van der Waals surface area contributed by atoms with E-state index in [0.717, 1.165) is 69.6 Å². The van der Waals surface area contributed by atoms with Crippen LogP contribution < -0.4 is 0 Å². The summed E-state index contributed by atoms with van der Waals surface area (Å²) in [5.41, 5.74) is 0. The van der Waals surface area contributed by atoms with Crippen LogP contribution in [-0.4, -0.2) is 37.2 Å². The molecule has 0 aromatic heterocycles. The van der Waals surface area contributed by atoms with E-state index in [0.29, 0.717) is 19.3 Å². The monoisotopic (exact) mass is 947 g/mol. The molecular formula is C61H118O6. The van der Waals surface area contributed by atoms with Gasteiger partial charge in [-0.15, -0.1) is 0 Å². The predicted octanol–water partition coefficient (Wildman–Crippen LogP) is 20.0. The molecule has 0 spiro atoms. The highest BCUT2D eigenvalue weighted by molar-refractivity contribution is 5.71. The van der Waals surface area contributed by atoms with Crippen molar-refractivity contribution in [3.63, 3.8) is 0 Å². The Labute approximate surface area is 418 Å². The van der Waals surface area contributed by atoms with Crippen LogP contribution in [0.4, 0.5) is 0 Å². The summed E-state index contributed by atoms with van der Waals surface area (Å²) >= 11 is 0. The first-order valence-electron chi connectivity index (χ1n) is 30.2. The maximum absolute atomic E-state index is 12.8. The van der Waals surface area contributed by atoms with Gasteiger partial charge in [-0.05, 0) is 31.1 Å². The zero-order valence-electron chi connectivity index (χ0n) is 46.0. The number of esters is 3. The third kappa shape index (κ3) is 55.2. The van der Waals surface area contributed by atoms with Crippen LogP contribution in [0.1, 0.15) is 343 Å². The number of carbonyl (C=O) groups is 3. The first-order valence-corrected chi connectivity index (χ1v) is 30.2. The zero-order valence-corrected chi connectivity index (χ0v) is 46.0. The SMILES string of the molecule is CCCCCCCCCCCCCC(=O)O[C@H](COC(=O)CCCCCCCCCCCCCCCCCCCCC(C)C)COC(=O)CCCCCCCCCCCCCCCCC(C)C. The molecule has 0 heterocycles. The van der Waals surface area contributed by atoms with E-state index >= 15 is 0 Å². The molecule has 0 aliphatic heterocycles. The van der Waals surface area contributed by atoms with Crippen molar-refractivity contribution in [2.75, 3.05) is 13.2 Å². The standard InChI is InChI=1S/C61H118O6/c1-6-7-8-9-10-11-24-33-38-43-48-53-61(64)67-58(55-66-60(63)52-47-42-37-32-28-23-19-18-21-26-30-35-40-45-50-57(4)5)54-65-59(62)51-46-41-36-31-27-22-17-15-13-12-14-16-20-25-29-34-39-44-49-56(2)3/h56-58H,6-55H2,1-5H3/t58-/m1/s1. The van der Waals surface area contributed by atoms with Gasteiger partial charge in [0, 0.05) is 19.3 Å². The fourth-order valence-corrected chi connectivity index (χ4v) is 9.40. The molecular weight excluding hydrogens is 829 g/mol. The van der Waals surface area contributed by atoms with E-state index in [1.165, 1.54) is 231 Å². The van der Waals surface area contributed by atoms with Crippen molar-refractivity contribution in [3.05, 3.63) is 0 Å². The fraction of sp³-hybridized carbons (Fsp3) is 0.951. The van der Waals surface area contributed by atoms with Gasteiger partial charge in [-0.2, -0.15) is 0 Å². The molecule has 0 saturated carbocycles. The minimum Gasteiger partial charge on any atom is -0.462 e. The highest BCUT2D eigenvalue weighted by Crippen LogP contribution is 2.19. The van der Waals surface area contributed by atoms with Gasteiger partial charge in [-0.1, -0.05) is 304 Å². The lowest BCUT2D eigenvalue weighted by Gasteiger charge is -2.18. The van der Waals surface area contributed by atoms with E-state index in [2.05, 4.69) is 34.6 Å². The quantitative estimate of drug-likeness (QED) is 0.0343. The van der Waals surface area contributed by atoms with Gasteiger partial charge in [0.25, 0.3) is 0 Å². The molecule has 0 aromatic carbocycles. The van der Waals surface area contributed by atoms with Crippen molar-refractivity contribution in [2.24, 2.45) is 11.8 Å². The van der Waals surface area contributed by atoms with Crippen molar-refractivity contribution < 1.29 is 28.6 Å². The first-order chi connectivity index (χ1) is 32.7. The van der Waals surface area contributed by atoms with Crippen LogP contribution in [0.15, 0.2) is 0 Å². The van der Waals surface area contributed by atoms with Gasteiger partial charge in [0.05, 0.1) is 0 Å². The van der Waals surface area contributed by atoms with Gasteiger partial charge >= 0.3 is 17.9 Å². The van der Waals surface area contributed by atoms with Gasteiger partial charge in [-0.25, -0.2) is 0 Å². The summed E-state index contributed by atoms with van der Waals surface area (Å²) in [6, 6.07) is 0. The van der Waals surface area contributed by atoms with Gasteiger partial charge in [-0.3, -0.25) is 14.4 Å². The summed E-state index contributed by atoms with van der Waals surface area (Å²) in [7, 11) is 0. The predicted molar refractivity (Wildman–Crippen MR) is 289 cm³/mol. The minimum atomic E-state index is -0.762. The van der Waals surface area contributed by atoms with E-state index < -0.39 is 6.10 Å². The lowest BCUT2D eigenvalue weighted by molar-refractivity contribution is -0.167. The molecule has 0 saturated heterocycles. The summed E-state index contributed by atoms with van der Waals surface area (Å²) in [5, 5.41) is 0. The topological polar surface area (TPSA) is 78.9 Å². The highest BCUT2D eigenvalue weighted by Gasteiger charge is 2.19. The summed E-state index contributed by atoms with van der Waals surface area (Å²) in [6.45, 7) is 11.4. The van der Waals surface area contributed by atoms with E-state index in [9.17, 15) is 14.4 Å². The second-order valence-corrected chi connectivity index (χ2v) is 21.9. The minimum absolute atomic E-state index is 0.0623. The van der Waals surface area contributed by atoms with Crippen LogP contribution >= 0.6 is 0 Å². The van der Waals surface area contributed by atoms with Crippen LogP contribution in [0.25, 0.3) is 0 Å². The molecule has 6 heteroatoms. The van der Waals surface area contributed by atoms with Crippen molar-refractivity contribution in [3.8, 4) is 0 Å². The second-order valence-electron chi connectivity index (χ2n) is 21.9. The van der Waals surface area contributed by atoms with Crippen molar-refractivity contribution >= 4 is 17.9 Å². The Hall–Kier alpha value is -1.59. The zero-order chi connectivity index (χ0) is 48.9. The van der Waals surface area contributed by atoms with E-state index in [1.807, 2.05) is 0 Å². The summed E-state index contributed by atoms with van der Waals surface area (Å²) in [6.07, 6.45) is 58.2. The largest absolute Gasteiger partial charge is 0.462 e. The molecule has 0 aliphatic carbocycles. The molecule has 1 atom stereocenters. The average molecular weight is 948 g/mol. The lowest BCUT2D eigenvalue weighted by Crippen LogP contribution is -2.30. The highest BCUT2D eigenvalue weighted by atomic mass is 16.6. The average Bonchev–Trinajstić information content (AvgIpc) is 3.30. The smallest absolute Gasteiger partial charge is 0.306 e. The van der Waals surface area contributed by atoms with Crippen molar-refractivity contribution in [2.45, 2.75) is 349 Å². The maximum Gasteiger partial charge on any atom is 0.306 e. The fourth-order valence-electron chi connectivity index (χ4n) is 9.40. The van der Waals surface area contributed by atoms with Crippen molar-refractivity contribution in [1.29, 1.82) is 0 Å². The Kier molecular flexibility index (Phi) is 52.5. The Bertz CT molecular complexity index is 1020. The second kappa shape index (κ2) is 53.8. The molecule has 0 aromatic rings. The van der Waals surface area contributed by atoms with Crippen LogP contribution in [-0.2, 0) is 28.6 Å². The number of hydrogen-bond acceptors (Lipinski definition) is 6. The number of hydrogen-bond donors (Lipinski definition) is 0. The summed E-state index contributed by atoms with van der Waals surface area (Å²) in [4.78, 5) is 38.1. The first kappa shape index (κ1) is 65.4. The number of rotatable bonds is 55. The van der Waals surface area contributed by atoms with Gasteiger partial charge in [0.2, 0.25) is 0 Å². The molecule has 0 N–H and O–H groups in total. The van der Waals surface area contributed by atoms with Crippen LogP contribution in [0.2, 0.25) is 0 Å². The van der Waals surface area contributed by atoms with Crippen LogP contribution in [0.3, 0.4) is 0 Å². The van der Waals surface area contributed by atoms with Gasteiger partial charge in [0.15, 0.2) is 6.10 Å². The third-order valence-electron chi connectivity index (χ3n) is 14.0. The Morgan fingerprint density at radius 3 is 0.731 bits per heavy atom. The summed E-state index contributed by atoms with van der Waals surface area (Å²) in [5.74, 6) is 0.867. The van der Waals surface area contributed by atoms with E-state index in [-0.39, 0.29) is 31.1 Å². The Morgan fingerprint density at radius 1 is 0.284 bits per heavy atom. The Morgan fingerprint density at radius 2 is 0.493 bits per heavy atom. The van der Waals surface area contributed by atoms with E-state index in [1.54, 1.807) is 0 Å². The molecule has 67 heavy (non-hydrogen) atoms. The number of carbonyl (C=O) groups excluding carboxylic acids is 3. The third-order valence-corrected chi connectivity index (χ3v) is 14.0. The van der Waals surface area contributed by atoms with Crippen LogP contribution in [0, 0.1) is 11.8 Å². The molecule has 398 valence electrons. The number of ether oxygens (including phenoxy) is 3. The molecule has 0 unspecified atom stereocenters. The Balaban J connectivity index is 4.20. The van der Waals surface area contributed by atoms with E-state index in [4.69, 9.17) is 14.2 Å². The lowest BCUT2D eigenvalue weighted by atomic mass is 10.0. The molecule has 0 rings (SSSR count). The molecule has 6 nitrogen and oxygen atoms in total. The molecule has 0 amide bonds. The van der Waals surface area contributed by atoms with Gasteiger partial charge in [0.1, 0.15) is 13.2 Å². The molecule has 0 aliphatic rings. The molecule has 0 radical (unpaired) electrons. The van der Waals surface area contributed by atoms with Gasteiger partial charge < -0.3 is 14.2 Å². The molecule has 0 fully saturated rings. The van der Waals surface area contributed by atoms with Crippen LogP contribution in [0.5, 0.6) is 0 Å². The number of unbranched alkanes of at least 4 members (excludes halogenated alkanes) is 40. The molecule has 0 bridgehead atoms. The van der Waals surface area contributed by atoms with Crippen molar-refractivity contribution in [1.82, 2.24) is 0 Å². The normalized spacial score (nSPS) is 12.0. The summed E-state index contributed by atoms with van der Waals surface area (Å²) < 4.78 is 16.9. The maximum atomic E-state index is 12.8.